The maximum Gasteiger partial charge on any atom is 0.296 e. The van der Waals surface area contributed by atoms with Crippen molar-refractivity contribution < 1.29 is 0 Å². The first kappa shape index (κ1) is 7.27. The highest BCUT2D eigenvalue weighted by Crippen LogP contribution is 2.02. The number of nitrogens with one attached hydrogen (secondary N) is 1. The van der Waals surface area contributed by atoms with Crippen LogP contribution in [0.2, 0.25) is 0 Å². The monoisotopic (exact) mass is 157 g/mol. The van der Waals surface area contributed by atoms with Crippen LogP contribution in [-0.2, 0) is 0 Å². The molecule has 0 saturated heterocycles. The molecule has 0 fully saturated rings. The summed E-state index contributed by atoms with van der Waals surface area (Å²) < 4.78 is 0. The normalized spacial score (nSPS) is 9.80. The Morgan fingerprint density at radius 2 is 2.30 bits per heavy atom. The number of hydrogen-bond donors (Lipinski definition) is 1. The molecule has 0 spiro atoms. The van der Waals surface area contributed by atoms with Gasteiger partial charge in [-0.2, -0.15) is 5.10 Å². The Morgan fingerprint density at radius 1 is 1.60 bits per heavy atom. The van der Waals surface area contributed by atoms with E-state index >= 15 is 0 Å². The van der Waals surface area contributed by atoms with E-state index in [0.717, 1.165) is 0 Å². The van der Waals surface area contributed by atoms with Crippen LogP contribution in [-0.4, -0.2) is 21.4 Å². The first-order valence-corrected chi connectivity index (χ1v) is 3.94. The lowest BCUT2D eigenvalue weighted by molar-refractivity contribution is 0.815. The molecule has 10 heavy (non-hydrogen) atoms. The summed E-state index contributed by atoms with van der Waals surface area (Å²) in [7, 11) is 0. The van der Waals surface area contributed by atoms with E-state index in [4.69, 9.17) is 0 Å². The highest BCUT2D eigenvalue weighted by molar-refractivity contribution is 7.98. The van der Waals surface area contributed by atoms with Crippen LogP contribution in [0.15, 0.2) is 9.82 Å². The number of thioether (sulfide) groups is 1. The van der Waals surface area contributed by atoms with Crippen LogP contribution in [0.4, 0.5) is 0 Å². The quantitative estimate of drug-likeness (QED) is 0.591. The fourth-order valence-corrected chi connectivity index (χ4v) is 0.995. The second-order valence-corrected chi connectivity index (χ2v) is 2.52. The standard InChI is InChI=1S/C5H7N3OS/c1-3-6-5(10-2)4(9)8-7-3/h1-2H3,(H,8,9). The summed E-state index contributed by atoms with van der Waals surface area (Å²) in [6, 6.07) is 0. The van der Waals surface area contributed by atoms with E-state index in [-0.39, 0.29) is 5.56 Å². The summed E-state index contributed by atoms with van der Waals surface area (Å²) in [5.41, 5.74) is -0.224. The summed E-state index contributed by atoms with van der Waals surface area (Å²) in [6.45, 7) is 1.73. The SMILES string of the molecule is CSc1nc(C)n[nH]c1=O. The summed E-state index contributed by atoms with van der Waals surface area (Å²) in [4.78, 5) is 14.7. The lowest BCUT2D eigenvalue weighted by atomic mass is 10.7. The van der Waals surface area contributed by atoms with E-state index in [1.54, 1.807) is 13.2 Å². The number of rotatable bonds is 1. The number of aromatic nitrogens is 3. The minimum absolute atomic E-state index is 0.224. The molecule has 0 radical (unpaired) electrons. The zero-order chi connectivity index (χ0) is 7.56. The molecule has 1 aromatic heterocycles. The van der Waals surface area contributed by atoms with Crippen LogP contribution >= 0.6 is 11.8 Å². The van der Waals surface area contributed by atoms with Crippen molar-refractivity contribution in [2.75, 3.05) is 6.26 Å². The van der Waals surface area contributed by atoms with Crippen LogP contribution < -0.4 is 5.56 Å². The van der Waals surface area contributed by atoms with E-state index in [2.05, 4.69) is 15.2 Å². The summed E-state index contributed by atoms with van der Waals surface area (Å²) >= 11 is 1.31. The topological polar surface area (TPSA) is 58.6 Å². The Kier molecular flexibility index (Phi) is 2.06. The van der Waals surface area contributed by atoms with E-state index in [0.29, 0.717) is 10.9 Å². The molecule has 0 atom stereocenters. The van der Waals surface area contributed by atoms with Crippen molar-refractivity contribution >= 4 is 11.8 Å². The summed E-state index contributed by atoms with van der Waals surface area (Å²) in [5.74, 6) is 0.587. The number of nitrogens with zero attached hydrogens (tertiary/aromatic N) is 2. The van der Waals surface area contributed by atoms with Gasteiger partial charge in [0, 0.05) is 0 Å². The van der Waals surface area contributed by atoms with Crippen molar-refractivity contribution in [3.05, 3.63) is 16.2 Å². The molecule has 0 bridgehead atoms. The second-order valence-electron chi connectivity index (χ2n) is 1.72. The van der Waals surface area contributed by atoms with E-state index < -0.39 is 0 Å². The molecule has 4 nitrogen and oxygen atoms in total. The highest BCUT2D eigenvalue weighted by Gasteiger charge is 1.98. The molecule has 5 heteroatoms. The Labute approximate surface area is 62.1 Å². The fourth-order valence-electron chi connectivity index (χ4n) is 0.541. The van der Waals surface area contributed by atoms with Crippen molar-refractivity contribution in [2.45, 2.75) is 11.9 Å². The van der Waals surface area contributed by atoms with Crippen LogP contribution in [0.25, 0.3) is 0 Å². The molecular weight excluding hydrogens is 150 g/mol. The number of aromatic amines is 1. The lowest BCUT2D eigenvalue weighted by Crippen LogP contribution is -2.13. The molecule has 1 heterocycles. The van der Waals surface area contributed by atoms with Crippen LogP contribution in [0, 0.1) is 6.92 Å². The molecule has 0 aliphatic carbocycles. The zero-order valence-electron chi connectivity index (χ0n) is 5.71. The van der Waals surface area contributed by atoms with E-state index in [1.807, 2.05) is 0 Å². The molecule has 54 valence electrons. The molecule has 0 unspecified atom stereocenters. The van der Waals surface area contributed by atoms with Crippen LogP contribution in [0.5, 0.6) is 0 Å². The van der Waals surface area contributed by atoms with Crippen molar-refractivity contribution in [2.24, 2.45) is 0 Å². The predicted molar refractivity (Wildman–Crippen MR) is 39.2 cm³/mol. The fraction of sp³-hybridized carbons (Fsp3) is 0.400. The molecule has 0 aromatic carbocycles. The molecule has 1 aromatic rings. The Bertz CT molecular complexity index is 282. The average Bonchev–Trinajstić information content (AvgIpc) is 1.94. The van der Waals surface area contributed by atoms with Gasteiger partial charge in [0.15, 0.2) is 5.03 Å². The lowest BCUT2D eigenvalue weighted by Gasteiger charge is -1.92. The molecule has 0 saturated carbocycles. The van der Waals surface area contributed by atoms with Crippen LogP contribution in [0.1, 0.15) is 5.82 Å². The first-order valence-electron chi connectivity index (χ1n) is 2.71. The van der Waals surface area contributed by atoms with E-state index in [1.165, 1.54) is 11.8 Å². The van der Waals surface area contributed by atoms with Gasteiger partial charge in [-0.25, -0.2) is 10.1 Å². The molecule has 0 aliphatic rings. The summed E-state index contributed by atoms with van der Waals surface area (Å²) in [5, 5.41) is 6.42. The van der Waals surface area contributed by atoms with Crippen molar-refractivity contribution in [1.82, 2.24) is 15.2 Å². The Hall–Kier alpha value is -0.840. The van der Waals surface area contributed by atoms with E-state index in [9.17, 15) is 4.79 Å². The third-order valence-corrected chi connectivity index (χ3v) is 1.63. The molecule has 1 rings (SSSR count). The van der Waals surface area contributed by atoms with Gasteiger partial charge in [-0.15, -0.1) is 11.8 Å². The highest BCUT2D eigenvalue weighted by atomic mass is 32.2. The van der Waals surface area contributed by atoms with Crippen LogP contribution in [0.3, 0.4) is 0 Å². The molecule has 1 N–H and O–H groups in total. The number of H-pyrrole nitrogens is 1. The Balaban J connectivity index is 3.22. The largest absolute Gasteiger partial charge is 0.296 e. The van der Waals surface area contributed by atoms with Gasteiger partial charge in [-0.3, -0.25) is 4.79 Å². The van der Waals surface area contributed by atoms with Gasteiger partial charge in [-0.05, 0) is 13.2 Å². The maximum atomic E-state index is 10.8. The Morgan fingerprint density at radius 3 is 2.80 bits per heavy atom. The average molecular weight is 157 g/mol. The summed E-state index contributed by atoms with van der Waals surface area (Å²) in [6.07, 6.45) is 1.80. The van der Waals surface area contributed by atoms with Gasteiger partial charge in [0.25, 0.3) is 5.56 Å². The van der Waals surface area contributed by atoms with Crippen molar-refractivity contribution in [3.8, 4) is 0 Å². The third-order valence-electron chi connectivity index (χ3n) is 0.970. The molecule has 0 amide bonds. The van der Waals surface area contributed by atoms with Gasteiger partial charge in [0.05, 0.1) is 0 Å². The minimum atomic E-state index is -0.224. The maximum absolute atomic E-state index is 10.8. The first-order chi connectivity index (χ1) is 4.74. The van der Waals surface area contributed by atoms with Gasteiger partial charge in [0.1, 0.15) is 5.82 Å². The number of hydrogen-bond acceptors (Lipinski definition) is 4. The minimum Gasteiger partial charge on any atom is -0.265 e. The van der Waals surface area contributed by atoms with Crippen molar-refractivity contribution in [3.63, 3.8) is 0 Å². The third kappa shape index (κ3) is 1.36. The predicted octanol–water partition coefficient (Wildman–Crippen LogP) is 0.195. The van der Waals surface area contributed by atoms with Crippen molar-refractivity contribution in [1.29, 1.82) is 0 Å². The molecule has 0 aliphatic heterocycles. The molecular formula is C5H7N3OS. The van der Waals surface area contributed by atoms with Gasteiger partial charge in [-0.1, -0.05) is 0 Å². The van der Waals surface area contributed by atoms with Gasteiger partial charge in [0.2, 0.25) is 0 Å². The smallest absolute Gasteiger partial charge is 0.265 e. The van der Waals surface area contributed by atoms with Gasteiger partial charge < -0.3 is 0 Å². The van der Waals surface area contributed by atoms with Gasteiger partial charge >= 0.3 is 0 Å². The zero-order valence-corrected chi connectivity index (χ0v) is 6.53. The number of aryl methyl sites for hydroxylation is 1. The second kappa shape index (κ2) is 2.83.